The zero-order chi connectivity index (χ0) is 53.5. The Labute approximate surface area is 450 Å². The van der Waals surface area contributed by atoms with Crippen LogP contribution in [0.2, 0.25) is 0 Å². The maximum atomic E-state index is 2.66. The Kier molecular flexibility index (Phi) is 38.8. The van der Waals surface area contributed by atoms with Gasteiger partial charge in [0.2, 0.25) is 0 Å². The Hall–Kier alpha value is -0.200. The lowest BCUT2D eigenvalue weighted by Gasteiger charge is -2.42. The molecule has 5 heterocycles. The van der Waals surface area contributed by atoms with Crippen LogP contribution in [-0.4, -0.2) is 120 Å². The predicted molar refractivity (Wildman–Crippen MR) is 322 cm³/mol. The fraction of sp³-hybridized carbons (Fsp3) is 1.00. The fourth-order valence-corrected chi connectivity index (χ4v) is 12.0. The number of rotatable bonds is 24. The van der Waals surface area contributed by atoms with Crippen LogP contribution in [0.15, 0.2) is 0 Å². The Bertz CT molecular complexity index is 1170. The largest absolute Gasteiger partial charge is 0.301 e. The molecule has 0 aromatic heterocycles. The van der Waals surface area contributed by atoms with E-state index in [-0.39, 0.29) is 0 Å². The highest BCUT2D eigenvalue weighted by atomic mass is 15.2. The summed E-state index contributed by atoms with van der Waals surface area (Å²) in [6, 6.07) is 3.77. The van der Waals surface area contributed by atoms with Crippen LogP contribution in [0.1, 0.15) is 273 Å². The molecular formula is C66H137N5. The van der Waals surface area contributed by atoms with Crippen LogP contribution in [0.5, 0.6) is 0 Å². The van der Waals surface area contributed by atoms with Crippen molar-refractivity contribution < 1.29 is 0 Å². The van der Waals surface area contributed by atoms with Gasteiger partial charge in [-0.2, -0.15) is 0 Å². The average molecular weight is 1000 g/mol. The molecule has 0 aromatic rings. The van der Waals surface area contributed by atoms with Gasteiger partial charge in [-0.3, -0.25) is 0 Å². The third-order valence-electron chi connectivity index (χ3n) is 17.4. The van der Waals surface area contributed by atoms with E-state index in [4.69, 9.17) is 0 Å². The second kappa shape index (κ2) is 40.1. The quantitative estimate of drug-likeness (QED) is 0.0955. The van der Waals surface area contributed by atoms with Gasteiger partial charge in [0, 0.05) is 62.9 Å². The van der Waals surface area contributed by atoms with Gasteiger partial charge in [-0.05, 0) is 232 Å². The molecule has 3 atom stereocenters. The first-order valence-electron chi connectivity index (χ1n) is 32.2. The standard InChI is InChI=1S/2C14H29N.2C13H27N.C12H25N/c1-12(2)7-5-8-14-9-6-10-15(11-14)13(3)4;1-12(2)6-5-7-14-8-10-15(11-9-14)13(3)4;1-11(2)7-8-13-6-5-9-14(10-13)12(3)4;1-11(2)6-5-7-13-8-9-14(10-13)12(3)4;1-10(2)6-5-7-12-8-13(9-12)11(3)4/h2*12-14H,5-11H2,1-4H3;2*11-13H,5-10H2,1-4H3;10-12H,5-9H2,1-4H3. The van der Waals surface area contributed by atoms with Crippen molar-refractivity contribution in [3.8, 4) is 0 Å². The second-order valence-corrected chi connectivity index (χ2v) is 28.2. The molecular weight excluding hydrogens is 863 g/mol. The highest BCUT2D eigenvalue weighted by Crippen LogP contribution is 2.28. The number of hydrogen-bond acceptors (Lipinski definition) is 5. The van der Waals surface area contributed by atoms with Crippen LogP contribution < -0.4 is 0 Å². The van der Waals surface area contributed by atoms with Gasteiger partial charge in [0.25, 0.3) is 0 Å². The number of nitrogens with zero attached hydrogens (tertiary/aromatic N) is 5. The third kappa shape index (κ3) is 35.0. The van der Waals surface area contributed by atoms with Gasteiger partial charge in [-0.1, -0.05) is 133 Å². The van der Waals surface area contributed by atoms with Crippen LogP contribution in [0.25, 0.3) is 0 Å². The molecule has 0 spiro atoms. The molecule has 5 heteroatoms. The van der Waals surface area contributed by atoms with E-state index in [9.17, 15) is 0 Å². The molecule has 5 rings (SSSR count). The molecule has 0 saturated carbocycles. The molecule has 5 saturated heterocycles. The summed E-state index contributed by atoms with van der Waals surface area (Å²) in [5.41, 5.74) is 0. The molecule has 0 radical (unpaired) electrons. The van der Waals surface area contributed by atoms with Crippen molar-refractivity contribution in [3.05, 3.63) is 0 Å². The van der Waals surface area contributed by atoms with E-state index in [0.717, 1.165) is 89.4 Å². The normalized spacial score (nSPS) is 22.6. The van der Waals surface area contributed by atoms with Crippen LogP contribution >= 0.6 is 0 Å². The van der Waals surface area contributed by atoms with Crippen LogP contribution in [0, 0.1) is 59.2 Å². The summed E-state index contributed by atoms with van der Waals surface area (Å²) in [4.78, 5) is 13.1. The molecule has 5 fully saturated rings. The Balaban J connectivity index is 0.000000444. The van der Waals surface area contributed by atoms with Crippen LogP contribution in [0.3, 0.4) is 0 Å². The second-order valence-electron chi connectivity index (χ2n) is 28.2. The summed E-state index contributed by atoms with van der Waals surface area (Å²) >= 11 is 0. The topological polar surface area (TPSA) is 16.2 Å². The molecule has 0 amide bonds. The van der Waals surface area contributed by atoms with Gasteiger partial charge >= 0.3 is 0 Å². The maximum Gasteiger partial charge on any atom is 0.00388 e. The van der Waals surface area contributed by atoms with E-state index in [1.54, 1.807) is 0 Å². The van der Waals surface area contributed by atoms with Gasteiger partial charge in [0.1, 0.15) is 0 Å². The summed E-state index contributed by atoms with van der Waals surface area (Å²) < 4.78 is 0. The molecule has 0 aliphatic carbocycles. The van der Waals surface area contributed by atoms with Gasteiger partial charge in [0.15, 0.2) is 0 Å². The molecule has 0 N–H and O–H groups in total. The first kappa shape index (κ1) is 68.8. The molecule has 426 valence electrons. The lowest BCUT2D eigenvalue weighted by molar-refractivity contribution is 0.0608. The number of hydrogen-bond donors (Lipinski definition) is 0. The number of likely N-dealkylation sites (tertiary alicyclic amines) is 5. The minimum absolute atomic E-state index is 0.747. The minimum Gasteiger partial charge on any atom is -0.301 e. The molecule has 0 bridgehead atoms. The summed E-state index contributed by atoms with van der Waals surface area (Å²) in [5, 5.41) is 0. The molecule has 0 aromatic carbocycles. The lowest BCUT2D eigenvalue weighted by atomic mass is 9.90. The first-order valence-corrected chi connectivity index (χ1v) is 32.2. The van der Waals surface area contributed by atoms with Crippen molar-refractivity contribution in [2.75, 3.05) is 65.4 Å². The zero-order valence-electron chi connectivity index (χ0n) is 52.8. The highest BCUT2D eigenvalue weighted by Gasteiger charge is 2.28. The van der Waals surface area contributed by atoms with Crippen LogP contribution in [0.4, 0.5) is 0 Å². The van der Waals surface area contributed by atoms with E-state index in [2.05, 4.69) is 163 Å². The van der Waals surface area contributed by atoms with Crippen molar-refractivity contribution in [1.29, 1.82) is 0 Å². The Morgan fingerprint density at radius 2 is 0.521 bits per heavy atom. The fourth-order valence-electron chi connectivity index (χ4n) is 12.0. The van der Waals surface area contributed by atoms with Gasteiger partial charge < -0.3 is 24.5 Å². The summed E-state index contributed by atoms with van der Waals surface area (Å²) in [6.07, 6.45) is 30.2. The van der Waals surface area contributed by atoms with Gasteiger partial charge in [-0.25, -0.2) is 0 Å². The van der Waals surface area contributed by atoms with Crippen molar-refractivity contribution in [2.45, 2.75) is 304 Å². The Morgan fingerprint density at radius 1 is 0.254 bits per heavy atom. The molecule has 5 aliphatic heterocycles. The SMILES string of the molecule is CC(C)CCC1CCCN(C(C)C)C1.CC(C)CCCC1CCCN(C(C)C)C1.CC(C)CCCC1CCN(C(C)C)C1.CC(C)CCCC1CCN(C(C)C)CC1.CC(C)CCCC1CN(C(C)C)C1. The molecule has 3 unspecified atom stereocenters. The summed E-state index contributed by atoms with van der Waals surface area (Å²) in [5.74, 6) is 9.43. The van der Waals surface area contributed by atoms with Gasteiger partial charge in [0.05, 0.1) is 0 Å². The number of piperidine rings is 3. The zero-order valence-corrected chi connectivity index (χ0v) is 52.8. The lowest BCUT2D eigenvalue weighted by Crippen LogP contribution is -2.49. The summed E-state index contributed by atoms with van der Waals surface area (Å²) in [6.45, 7) is 59.9. The van der Waals surface area contributed by atoms with E-state index in [1.807, 2.05) is 0 Å². The maximum absolute atomic E-state index is 2.66. The smallest absolute Gasteiger partial charge is 0.00388 e. The van der Waals surface area contributed by atoms with E-state index >= 15 is 0 Å². The average Bonchev–Trinajstić information content (AvgIpc) is 3.77. The predicted octanol–water partition coefficient (Wildman–Crippen LogP) is 18.1. The van der Waals surface area contributed by atoms with Crippen molar-refractivity contribution >= 4 is 0 Å². The van der Waals surface area contributed by atoms with E-state index in [0.29, 0.717) is 0 Å². The van der Waals surface area contributed by atoms with Crippen LogP contribution in [-0.2, 0) is 0 Å². The summed E-state index contributed by atoms with van der Waals surface area (Å²) in [7, 11) is 0. The highest BCUT2D eigenvalue weighted by molar-refractivity contribution is 4.82. The monoisotopic (exact) mass is 1000 g/mol. The Morgan fingerprint density at radius 3 is 0.859 bits per heavy atom. The van der Waals surface area contributed by atoms with E-state index < -0.39 is 0 Å². The van der Waals surface area contributed by atoms with Crippen molar-refractivity contribution in [3.63, 3.8) is 0 Å². The van der Waals surface area contributed by atoms with Crippen molar-refractivity contribution in [2.24, 2.45) is 59.2 Å². The third-order valence-corrected chi connectivity index (χ3v) is 17.4. The minimum atomic E-state index is 0.747. The molecule has 71 heavy (non-hydrogen) atoms. The molecule has 5 nitrogen and oxygen atoms in total. The van der Waals surface area contributed by atoms with Gasteiger partial charge in [-0.15, -0.1) is 0 Å². The first-order chi connectivity index (χ1) is 33.5. The van der Waals surface area contributed by atoms with E-state index in [1.165, 1.54) is 200 Å². The van der Waals surface area contributed by atoms with Crippen molar-refractivity contribution in [1.82, 2.24) is 24.5 Å². The molecule has 5 aliphatic rings.